The third kappa shape index (κ3) is 2.79. The number of hydrogen-bond donors (Lipinski definition) is 2. The van der Waals surface area contributed by atoms with Gasteiger partial charge in [0.25, 0.3) is 0 Å². The lowest BCUT2D eigenvalue weighted by Crippen LogP contribution is -2.26. The molecule has 0 radical (unpaired) electrons. The lowest BCUT2D eigenvalue weighted by molar-refractivity contribution is 0.386. The number of halogens is 2. The van der Waals surface area contributed by atoms with E-state index in [0.29, 0.717) is 17.5 Å². The fourth-order valence-electron chi connectivity index (χ4n) is 2.78. The minimum atomic E-state index is -0.250. The second-order valence-electron chi connectivity index (χ2n) is 5.42. The fraction of sp³-hybridized carbons (Fsp3) is 0.400. The first-order chi connectivity index (χ1) is 9.63. The number of imidazole rings is 1. The molecule has 3 rings (SSSR count). The number of nitrogens with two attached hydrogens (primary N) is 1. The van der Waals surface area contributed by atoms with E-state index in [1.807, 2.05) is 6.07 Å². The van der Waals surface area contributed by atoms with Crippen molar-refractivity contribution in [2.75, 3.05) is 0 Å². The average molecular weight is 338 g/mol. The van der Waals surface area contributed by atoms with Crippen molar-refractivity contribution in [2.45, 2.75) is 37.6 Å². The number of nitrogens with one attached hydrogen (secondary N) is 1. The molecule has 1 fully saturated rings. The van der Waals surface area contributed by atoms with Crippen LogP contribution >= 0.6 is 15.9 Å². The highest BCUT2D eigenvalue weighted by molar-refractivity contribution is 9.10. The highest BCUT2D eigenvalue weighted by Gasteiger charge is 2.22. The molecule has 1 aromatic carbocycles. The number of rotatable bonds is 2. The van der Waals surface area contributed by atoms with Crippen molar-refractivity contribution in [1.29, 1.82) is 0 Å². The third-order valence-corrected chi connectivity index (χ3v) is 4.47. The lowest BCUT2D eigenvalue weighted by Gasteiger charge is -2.24. The molecule has 0 aliphatic heterocycles. The van der Waals surface area contributed by atoms with Crippen LogP contribution < -0.4 is 5.73 Å². The first-order valence-electron chi connectivity index (χ1n) is 6.89. The van der Waals surface area contributed by atoms with Gasteiger partial charge in [-0.3, -0.25) is 0 Å². The summed E-state index contributed by atoms with van der Waals surface area (Å²) in [6.45, 7) is 0. The number of aromatic nitrogens is 2. The Labute approximate surface area is 125 Å². The maximum Gasteiger partial charge on any atom is 0.133 e. The summed E-state index contributed by atoms with van der Waals surface area (Å²) in [5, 5.41) is 0. The molecule has 1 aliphatic carbocycles. The molecule has 3 nitrogen and oxygen atoms in total. The van der Waals surface area contributed by atoms with Crippen molar-refractivity contribution in [3.63, 3.8) is 0 Å². The van der Waals surface area contributed by atoms with E-state index in [2.05, 4.69) is 25.9 Å². The van der Waals surface area contributed by atoms with Crippen molar-refractivity contribution in [3.05, 3.63) is 40.5 Å². The van der Waals surface area contributed by atoms with Gasteiger partial charge in [0.1, 0.15) is 11.6 Å². The van der Waals surface area contributed by atoms with E-state index in [9.17, 15) is 4.39 Å². The van der Waals surface area contributed by atoms with E-state index >= 15 is 0 Å². The monoisotopic (exact) mass is 337 g/mol. The molecule has 0 bridgehead atoms. The first-order valence-corrected chi connectivity index (χ1v) is 7.68. The maximum absolute atomic E-state index is 13.9. The Kier molecular flexibility index (Phi) is 3.89. The van der Waals surface area contributed by atoms with E-state index in [1.165, 1.54) is 6.07 Å². The van der Waals surface area contributed by atoms with Crippen LogP contribution in [0.15, 0.2) is 28.9 Å². The van der Waals surface area contributed by atoms with Gasteiger partial charge in [-0.05, 0) is 43.9 Å². The summed E-state index contributed by atoms with van der Waals surface area (Å²) in [6, 6.07) is 5.38. The number of hydrogen-bond acceptors (Lipinski definition) is 2. The molecule has 106 valence electrons. The average Bonchev–Trinajstić information content (AvgIpc) is 2.89. The standard InChI is InChI=1S/C15H17BrFN3/c16-10-3-6-12(13(17)7-10)14-8-19-15(20-14)9-1-4-11(18)5-2-9/h3,6-9,11H,1-2,4-5,18H2,(H,19,20). The summed E-state index contributed by atoms with van der Waals surface area (Å²) in [5.74, 6) is 1.12. The van der Waals surface area contributed by atoms with Gasteiger partial charge in [0, 0.05) is 22.0 Å². The fourth-order valence-corrected chi connectivity index (χ4v) is 3.11. The Morgan fingerprint density at radius 1 is 1.25 bits per heavy atom. The number of benzene rings is 1. The Bertz CT molecular complexity index is 603. The van der Waals surface area contributed by atoms with Crippen LogP contribution in [0.2, 0.25) is 0 Å². The van der Waals surface area contributed by atoms with E-state index < -0.39 is 0 Å². The van der Waals surface area contributed by atoms with Crippen LogP contribution in [-0.2, 0) is 0 Å². The summed E-state index contributed by atoms with van der Waals surface area (Å²) in [5.41, 5.74) is 7.21. The summed E-state index contributed by atoms with van der Waals surface area (Å²) in [6.07, 6.45) is 5.89. The van der Waals surface area contributed by atoms with Crippen LogP contribution in [0, 0.1) is 5.82 Å². The van der Waals surface area contributed by atoms with Crippen LogP contribution in [0.25, 0.3) is 11.3 Å². The molecule has 1 aliphatic rings. The predicted octanol–water partition coefficient (Wildman–Crippen LogP) is 3.96. The summed E-state index contributed by atoms with van der Waals surface area (Å²) in [4.78, 5) is 7.70. The molecular formula is C15H17BrFN3. The highest BCUT2D eigenvalue weighted by atomic mass is 79.9. The van der Waals surface area contributed by atoms with E-state index in [4.69, 9.17) is 5.73 Å². The second kappa shape index (κ2) is 5.66. The number of aromatic amines is 1. The van der Waals surface area contributed by atoms with Crippen LogP contribution in [0.4, 0.5) is 4.39 Å². The van der Waals surface area contributed by atoms with Crippen molar-refractivity contribution in [2.24, 2.45) is 5.73 Å². The minimum absolute atomic E-state index is 0.250. The SMILES string of the molecule is NC1CCC(c2ncc(-c3ccc(Br)cc3F)[nH]2)CC1. The van der Waals surface area contributed by atoms with E-state index in [-0.39, 0.29) is 5.82 Å². The molecule has 20 heavy (non-hydrogen) atoms. The number of nitrogens with zero attached hydrogens (tertiary/aromatic N) is 1. The summed E-state index contributed by atoms with van der Waals surface area (Å²) in [7, 11) is 0. The van der Waals surface area contributed by atoms with Crippen molar-refractivity contribution < 1.29 is 4.39 Å². The molecule has 0 saturated heterocycles. The molecule has 3 N–H and O–H groups in total. The third-order valence-electron chi connectivity index (χ3n) is 3.98. The van der Waals surface area contributed by atoms with Crippen LogP contribution in [0.3, 0.4) is 0 Å². The van der Waals surface area contributed by atoms with Gasteiger partial charge in [-0.15, -0.1) is 0 Å². The maximum atomic E-state index is 13.9. The van der Waals surface area contributed by atoms with Crippen LogP contribution in [0.1, 0.15) is 37.4 Å². The lowest BCUT2D eigenvalue weighted by atomic mass is 9.86. The molecule has 0 unspecified atom stereocenters. The van der Waals surface area contributed by atoms with Gasteiger partial charge in [-0.1, -0.05) is 15.9 Å². The van der Waals surface area contributed by atoms with Gasteiger partial charge in [-0.2, -0.15) is 0 Å². The number of H-pyrrole nitrogens is 1. The van der Waals surface area contributed by atoms with Gasteiger partial charge >= 0.3 is 0 Å². The van der Waals surface area contributed by atoms with Gasteiger partial charge < -0.3 is 10.7 Å². The quantitative estimate of drug-likeness (QED) is 0.871. The van der Waals surface area contributed by atoms with E-state index in [0.717, 1.165) is 41.7 Å². The van der Waals surface area contributed by atoms with Gasteiger partial charge in [0.05, 0.1) is 11.9 Å². The van der Waals surface area contributed by atoms with Crippen LogP contribution in [-0.4, -0.2) is 16.0 Å². The molecule has 0 spiro atoms. The van der Waals surface area contributed by atoms with Crippen molar-refractivity contribution in [3.8, 4) is 11.3 Å². The predicted molar refractivity (Wildman–Crippen MR) is 80.9 cm³/mol. The van der Waals surface area contributed by atoms with E-state index in [1.54, 1.807) is 12.3 Å². The zero-order valence-corrected chi connectivity index (χ0v) is 12.7. The van der Waals surface area contributed by atoms with Crippen molar-refractivity contribution in [1.82, 2.24) is 9.97 Å². The molecule has 1 aromatic heterocycles. The molecule has 2 aromatic rings. The first kappa shape index (κ1) is 13.8. The normalized spacial score (nSPS) is 22.9. The zero-order chi connectivity index (χ0) is 14.1. The van der Waals surface area contributed by atoms with Crippen molar-refractivity contribution >= 4 is 15.9 Å². The zero-order valence-electron chi connectivity index (χ0n) is 11.1. The van der Waals surface area contributed by atoms with Gasteiger partial charge in [-0.25, -0.2) is 9.37 Å². The Balaban J connectivity index is 1.83. The molecule has 1 saturated carbocycles. The highest BCUT2D eigenvalue weighted by Crippen LogP contribution is 2.32. The second-order valence-corrected chi connectivity index (χ2v) is 6.33. The molecule has 0 amide bonds. The molecule has 5 heteroatoms. The Hall–Kier alpha value is -1.20. The summed E-state index contributed by atoms with van der Waals surface area (Å²) < 4.78 is 14.7. The molecular weight excluding hydrogens is 321 g/mol. The van der Waals surface area contributed by atoms with Gasteiger partial charge in [0.2, 0.25) is 0 Å². The van der Waals surface area contributed by atoms with Gasteiger partial charge in [0.15, 0.2) is 0 Å². The topological polar surface area (TPSA) is 54.7 Å². The summed E-state index contributed by atoms with van der Waals surface area (Å²) >= 11 is 3.26. The Morgan fingerprint density at radius 2 is 2.00 bits per heavy atom. The Morgan fingerprint density at radius 3 is 2.70 bits per heavy atom. The molecule has 0 atom stereocenters. The smallest absolute Gasteiger partial charge is 0.133 e. The van der Waals surface area contributed by atoms with Crippen LogP contribution in [0.5, 0.6) is 0 Å². The minimum Gasteiger partial charge on any atom is -0.342 e. The molecule has 1 heterocycles. The largest absolute Gasteiger partial charge is 0.342 e.